The molecule has 0 bridgehead atoms. The number of aryl methyl sites for hydroxylation is 2. The van der Waals surface area contributed by atoms with Crippen LogP contribution in [-0.4, -0.2) is 24.6 Å². The summed E-state index contributed by atoms with van der Waals surface area (Å²) < 4.78 is 5.01. The minimum Gasteiger partial charge on any atom is -0.454 e. The second-order valence-corrected chi connectivity index (χ2v) is 7.30. The zero-order valence-electron chi connectivity index (χ0n) is 13.3. The molecule has 0 fully saturated rings. The number of thiophene rings is 1. The van der Waals surface area contributed by atoms with Crippen LogP contribution in [0.2, 0.25) is 0 Å². The predicted molar refractivity (Wildman–Crippen MR) is 96.3 cm³/mol. The van der Waals surface area contributed by atoms with Crippen molar-refractivity contribution in [2.45, 2.75) is 18.7 Å². The molecule has 1 aromatic carbocycles. The lowest BCUT2D eigenvalue weighted by molar-refractivity contribution is -0.136. The van der Waals surface area contributed by atoms with E-state index < -0.39 is 5.97 Å². The van der Waals surface area contributed by atoms with Gasteiger partial charge in [0.05, 0.1) is 0 Å². The Kier molecular flexibility index (Phi) is 6.19. The van der Waals surface area contributed by atoms with Crippen LogP contribution >= 0.6 is 23.1 Å². The van der Waals surface area contributed by atoms with Crippen LogP contribution in [0, 0.1) is 13.8 Å². The number of esters is 1. The van der Waals surface area contributed by atoms with E-state index in [9.17, 15) is 9.59 Å². The normalized spacial score (nSPS) is 10.9. The Morgan fingerprint density at radius 1 is 1.22 bits per heavy atom. The molecule has 23 heavy (non-hydrogen) atoms. The highest BCUT2D eigenvalue weighted by molar-refractivity contribution is 7.98. The number of carbonyl (C=O) groups excluding carboxylic acids is 2. The fourth-order valence-electron chi connectivity index (χ4n) is 2.05. The van der Waals surface area contributed by atoms with Crippen LogP contribution in [-0.2, 0) is 9.53 Å². The average molecular weight is 346 g/mol. The van der Waals surface area contributed by atoms with E-state index in [1.165, 1.54) is 6.08 Å². The van der Waals surface area contributed by atoms with Gasteiger partial charge in [-0.15, -0.1) is 23.1 Å². The molecule has 5 heteroatoms. The van der Waals surface area contributed by atoms with E-state index >= 15 is 0 Å². The zero-order chi connectivity index (χ0) is 16.8. The van der Waals surface area contributed by atoms with E-state index in [4.69, 9.17) is 4.74 Å². The molecular weight excluding hydrogens is 328 g/mol. The van der Waals surface area contributed by atoms with Gasteiger partial charge in [-0.1, -0.05) is 12.1 Å². The van der Waals surface area contributed by atoms with Crippen LogP contribution in [0.1, 0.15) is 25.7 Å². The highest BCUT2D eigenvalue weighted by Gasteiger charge is 2.13. The second kappa shape index (κ2) is 8.13. The van der Waals surface area contributed by atoms with Gasteiger partial charge < -0.3 is 4.74 Å². The maximum atomic E-state index is 12.0. The third kappa shape index (κ3) is 5.08. The van der Waals surface area contributed by atoms with E-state index in [0.717, 1.165) is 20.2 Å². The molecule has 1 aromatic heterocycles. The van der Waals surface area contributed by atoms with Crippen molar-refractivity contribution in [2.75, 3.05) is 12.9 Å². The topological polar surface area (TPSA) is 43.4 Å². The third-order valence-electron chi connectivity index (χ3n) is 3.21. The fraction of sp³-hybridized carbons (Fsp3) is 0.222. The minimum absolute atomic E-state index is 0.169. The molecule has 3 nitrogen and oxygen atoms in total. The summed E-state index contributed by atoms with van der Waals surface area (Å²) in [5.41, 5.74) is 1.55. The first-order valence-electron chi connectivity index (χ1n) is 7.08. The van der Waals surface area contributed by atoms with Gasteiger partial charge in [0.1, 0.15) is 0 Å². The largest absolute Gasteiger partial charge is 0.454 e. The fourth-order valence-corrected chi connectivity index (χ4v) is 3.40. The molecule has 0 amide bonds. The number of hydrogen-bond donors (Lipinski definition) is 0. The number of ketones is 1. The van der Waals surface area contributed by atoms with Crippen molar-refractivity contribution in [1.29, 1.82) is 0 Å². The first kappa shape index (κ1) is 17.5. The Hall–Kier alpha value is -1.85. The summed E-state index contributed by atoms with van der Waals surface area (Å²) in [7, 11) is 0. The van der Waals surface area contributed by atoms with Crippen LogP contribution in [0.3, 0.4) is 0 Å². The molecule has 1 heterocycles. The van der Waals surface area contributed by atoms with Crippen molar-refractivity contribution in [3.8, 4) is 0 Å². The van der Waals surface area contributed by atoms with Gasteiger partial charge in [-0.25, -0.2) is 4.79 Å². The molecule has 0 radical (unpaired) electrons. The smallest absolute Gasteiger partial charge is 0.331 e. The molecule has 0 aliphatic rings. The number of benzene rings is 1. The van der Waals surface area contributed by atoms with E-state index in [-0.39, 0.29) is 12.4 Å². The standard InChI is InChI=1S/C18H18O3S2/c1-12-10-16(13(2)23-12)17(19)11-21-18(20)9-6-14-4-7-15(22-3)8-5-14/h4-10H,11H2,1-3H3/b9-6+. The summed E-state index contributed by atoms with van der Waals surface area (Å²) in [6.45, 7) is 3.61. The highest BCUT2D eigenvalue weighted by atomic mass is 32.2. The first-order valence-corrected chi connectivity index (χ1v) is 9.13. The van der Waals surface area contributed by atoms with Gasteiger partial charge >= 0.3 is 5.97 Å². The lowest BCUT2D eigenvalue weighted by Gasteiger charge is -2.01. The molecule has 0 aliphatic heterocycles. The molecule has 0 N–H and O–H groups in total. The lowest BCUT2D eigenvalue weighted by atomic mass is 10.2. The van der Waals surface area contributed by atoms with Gasteiger partial charge in [0.15, 0.2) is 6.61 Å². The molecular formula is C18H18O3S2. The number of hydrogen-bond acceptors (Lipinski definition) is 5. The quantitative estimate of drug-likeness (QED) is 0.334. The Balaban J connectivity index is 1.88. The molecule has 0 aliphatic carbocycles. The van der Waals surface area contributed by atoms with E-state index in [0.29, 0.717) is 5.56 Å². The van der Waals surface area contributed by atoms with Crippen LogP contribution < -0.4 is 0 Å². The van der Waals surface area contributed by atoms with Gasteiger partial charge in [-0.05, 0) is 49.9 Å². The van der Waals surface area contributed by atoms with Crippen molar-refractivity contribution in [1.82, 2.24) is 0 Å². The number of ether oxygens (including phenoxy) is 1. The van der Waals surface area contributed by atoms with Crippen LogP contribution in [0.25, 0.3) is 6.08 Å². The molecule has 0 saturated carbocycles. The molecule has 2 rings (SSSR count). The summed E-state index contributed by atoms with van der Waals surface area (Å²) in [4.78, 5) is 26.9. The van der Waals surface area contributed by atoms with E-state index in [1.54, 1.807) is 29.2 Å². The van der Waals surface area contributed by atoms with E-state index in [2.05, 4.69) is 0 Å². The molecule has 0 saturated heterocycles. The summed E-state index contributed by atoms with van der Waals surface area (Å²) in [6, 6.07) is 9.66. The van der Waals surface area contributed by atoms with Crippen molar-refractivity contribution < 1.29 is 14.3 Å². The Morgan fingerprint density at radius 3 is 2.48 bits per heavy atom. The molecule has 2 aromatic rings. The Labute approximate surface area is 144 Å². The minimum atomic E-state index is -0.517. The average Bonchev–Trinajstić information content (AvgIpc) is 2.89. The van der Waals surface area contributed by atoms with Crippen molar-refractivity contribution >= 4 is 40.9 Å². The van der Waals surface area contributed by atoms with Crippen LogP contribution in [0.15, 0.2) is 41.3 Å². The van der Waals surface area contributed by atoms with Crippen LogP contribution in [0.5, 0.6) is 0 Å². The van der Waals surface area contributed by atoms with Gasteiger partial charge in [0, 0.05) is 26.3 Å². The molecule has 120 valence electrons. The number of rotatable bonds is 6. The number of thioether (sulfide) groups is 1. The van der Waals surface area contributed by atoms with Gasteiger partial charge in [0.25, 0.3) is 0 Å². The molecule has 0 atom stereocenters. The summed E-state index contributed by atoms with van der Waals surface area (Å²) >= 11 is 3.23. The Morgan fingerprint density at radius 2 is 1.91 bits per heavy atom. The zero-order valence-corrected chi connectivity index (χ0v) is 14.9. The Bertz CT molecular complexity index is 727. The number of carbonyl (C=O) groups is 2. The van der Waals surface area contributed by atoms with Crippen molar-refractivity contribution in [3.63, 3.8) is 0 Å². The highest BCUT2D eigenvalue weighted by Crippen LogP contribution is 2.21. The van der Waals surface area contributed by atoms with Crippen molar-refractivity contribution in [3.05, 3.63) is 57.3 Å². The predicted octanol–water partition coefficient (Wildman–Crippen LogP) is 4.53. The SMILES string of the molecule is CSc1ccc(/C=C/C(=O)OCC(=O)c2cc(C)sc2C)cc1. The van der Waals surface area contributed by atoms with Gasteiger partial charge in [-0.2, -0.15) is 0 Å². The second-order valence-electron chi connectivity index (χ2n) is 4.96. The van der Waals surface area contributed by atoms with Crippen molar-refractivity contribution in [2.24, 2.45) is 0 Å². The summed E-state index contributed by atoms with van der Waals surface area (Å²) in [5, 5.41) is 0. The number of Topliss-reactive ketones (excluding diaryl/α,β-unsaturated/α-hetero) is 1. The third-order valence-corrected chi connectivity index (χ3v) is 4.92. The maximum Gasteiger partial charge on any atom is 0.331 e. The molecule has 0 spiro atoms. The summed E-state index contributed by atoms with van der Waals surface area (Å²) in [6.07, 6.45) is 5.03. The van der Waals surface area contributed by atoms with E-state index in [1.807, 2.05) is 50.4 Å². The monoisotopic (exact) mass is 346 g/mol. The first-order chi connectivity index (χ1) is 11.0. The lowest BCUT2D eigenvalue weighted by Crippen LogP contribution is -2.12. The molecule has 0 unspecified atom stereocenters. The maximum absolute atomic E-state index is 12.0. The van der Waals surface area contributed by atoms with Crippen LogP contribution in [0.4, 0.5) is 0 Å². The van der Waals surface area contributed by atoms with Gasteiger partial charge in [0.2, 0.25) is 5.78 Å². The van der Waals surface area contributed by atoms with Gasteiger partial charge in [-0.3, -0.25) is 4.79 Å². The summed E-state index contributed by atoms with van der Waals surface area (Å²) in [5.74, 6) is -0.685.